The minimum absolute atomic E-state index is 0.00129. The molecule has 2 N–H and O–H groups in total. The van der Waals surface area contributed by atoms with E-state index in [1.54, 1.807) is 0 Å². The zero-order valence-corrected chi connectivity index (χ0v) is 15.2. The van der Waals surface area contributed by atoms with Gasteiger partial charge in [-0.05, 0) is 63.0 Å². The van der Waals surface area contributed by atoms with Crippen LogP contribution in [0, 0.1) is 21.1 Å². The van der Waals surface area contributed by atoms with Gasteiger partial charge in [0.05, 0.1) is 13.7 Å². The Morgan fingerprint density at radius 1 is 1.29 bits per heavy atom. The Balaban J connectivity index is 2.60. The lowest BCUT2D eigenvalue weighted by molar-refractivity contribution is 0.504. The Morgan fingerprint density at radius 2 is 1.95 bits per heavy atom. The number of hydrogen-bond acceptors (Lipinski definition) is 3. The molecule has 0 atom stereocenters. The van der Waals surface area contributed by atoms with Crippen molar-refractivity contribution in [1.82, 2.24) is 9.97 Å². The van der Waals surface area contributed by atoms with Crippen LogP contribution in [0.1, 0.15) is 19.5 Å². The van der Waals surface area contributed by atoms with Crippen LogP contribution in [0.4, 0.5) is 14.6 Å². The molecule has 0 aliphatic carbocycles. The molecule has 0 amide bonds. The van der Waals surface area contributed by atoms with E-state index >= 15 is 0 Å². The van der Waals surface area contributed by atoms with Crippen LogP contribution in [-0.4, -0.2) is 9.97 Å². The van der Waals surface area contributed by atoms with Gasteiger partial charge < -0.3 is 5.73 Å². The van der Waals surface area contributed by atoms with Crippen LogP contribution in [0.3, 0.4) is 0 Å². The summed E-state index contributed by atoms with van der Waals surface area (Å²) in [6.07, 6.45) is 0.735. The molecule has 0 aliphatic heterocycles. The van der Waals surface area contributed by atoms with E-state index in [0.717, 1.165) is 21.8 Å². The van der Waals surface area contributed by atoms with E-state index in [-0.39, 0.29) is 10.3 Å². The summed E-state index contributed by atoms with van der Waals surface area (Å²) in [6, 6.07) is 2.48. The maximum atomic E-state index is 13.7. The molecule has 0 fully saturated rings. The highest BCUT2D eigenvalue weighted by Gasteiger charge is 2.18. The second kappa shape index (κ2) is 6.51. The molecule has 1 aromatic carbocycles. The van der Waals surface area contributed by atoms with E-state index in [4.69, 9.17) is 5.73 Å². The largest absolute Gasteiger partial charge is 0.383 e. The van der Waals surface area contributed by atoms with Crippen LogP contribution in [0.2, 0.25) is 0 Å². The van der Waals surface area contributed by atoms with Crippen LogP contribution in [0.15, 0.2) is 16.6 Å². The number of halogens is 4. The van der Waals surface area contributed by atoms with E-state index in [1.165, 1.54) is 6.07 Å². The first-order valence-corrected chi connectivity index (χ1v) is 8.14. The predicted molar refractivity (Wildman–Crippen MR) is 90.8 cm³/mol. The molecule has 0 radical (unpaired) electrons. The molecule has 0 spiro atoms. The summed E-state index contributed by atoms with van der Waals surface area (Å²) in [4.78, 5) is 8.64. The number of hydrogen-bond donors (Lipinski definition) is 1. The van der Waals surface area contributed by atoms with Crippen LogP contribution in [-0.2, 0) is 6.42 Å². The van der Waals surface area contributed by atoms with Gasteiger partial charge in [0.25, 0.3) is 0 Å². The smallest absolute Gasteiger partial charge is 0.173 e. The average molecular weight is 468 g/mol. The molecule has 21 heavy (non-hydrogen) atoms. The van der Waals surface area contributed by atoms with E-state index < -0.39 is 11.6 Å². The van der Waals surface area contributed by atoms with Gasteiger partial charge in [0.15, 0.2) is 17.5 Å². The van der Waals surface area contributed by atoms with Crippen molar-refractivity contribution in [3.63, 3.8) is 0 Å². The standard InChI is InChI=1S/C14H13BrF2IN3/c1-6(2)5-9-12(18)13(19)21-14(20-9)7-3-4-8(16)11(17)10(7)15/h3-4,6H,5H2,1-2H3,(H2,19,20,21). The molecule has 0 aliphatic rings. The van der Waals surface area contributed by atoms with Crippen molar-refractivity contribution in [2.45, 2.75) is 20.3 Å². The molecule has 0 bridgehead atoms. The summed E-state index contributed by atoms with van der Waals surface area (Å²) >= 11 is 5.15. The van der Waals surface area contributed by atoms with E-state index in [1.807, 2.05) is 0 Å². The number of nitrogens with two attached hydrogens (primary N) is 1. The molecular weight excluding hydrogens is 455 g/mol. The van der Waals surface area contributed by atoms with Crippen molar-refractivity contribution in [3.8, 4) is 11.4 Å². The molecule has 1 heterocycles. The SMILES string of the molecule is CC(C)Cc1nc(-c2ccc(F)c(F)c2Br)nc(N)c1I. The summed E-state index contributed by atoms with van der Waals surface area (Å²) < 4.78 is 27.6. The predicted octanol–water partition coefficient (Wildman–Crippen LogP) is 4.57. The average Bonchev–Trinajstić information content (AvgIpc) is 2.41. The third kappa shape index (κ3) is 3.50. The Kier molecular flexibility index (Phi) is 5.13. The van der Waals surface area contributed by atoms with Crippen LogP contribution >= 0.6 is 38.5 Å². The highest BCUT2D eigenvalue weighted by Crippen LogP contribution is 2.31. The fourth-order valence-electron chi connectivity index (χ4n) is 1.85. The minimum atomic E-state index is -0.960. The van der Waals surface area contributed by atoms with Gasteiger partial charge in [0, 0.05) is 5.56 Å². The number of anilines is 1. The fraction of sp³-hybridized carbons (Fsp3) is 0.286. The van der Waals surface area contributed by atoms with Crippen molar-refractivity contribution in [1.29, 1.82) is 0 Å². The van der Waals surface area contributed by atoms with Gasteiger partial charge in [0.1, 0.15) is 5.82 Å². The highest BCUT2D eigenvalue weighted by atomic mass is 127. The topological polar surface area (TPSA) is 51.8 Å². The van der Waals surface area contributed by atoms with Gasteiger partial charge in [0.2, 0.25) is 0 Å². The monoisotopic (exact) mass is 467 g/mol. The molecule has 0 unspecified atom stereocenters. The molecule has 0 saturated heterocycles. The maximum absolute atomic E-state index is 13.7. The Bertz CT molecular complexity index is 692. The first-order valence-electron chi connectivity index (χ1n) is 6.27. The maximum Gasteiger partial charge on any atom is 0.173 e. The van der Waals surface area contributed by atoms with Crippen molar-refractivity contribution in [2.75, 3.05) is 5.73 Å². The summed E-state index contributed by atoms with van der Waals surface area (Å²) in [5.41, 5.74) is 7.10. The number of aromatic nitrogens is 2. The molecule has 112 valence electrons. The summed E-state index contributed by atoms with van der Waals surface area (Å²) in [7, 11) is 0. The van der Waals surface area contributed by atoms with Crippen molar-refractivity contribution in [3.05, 3.63) is 37.5 Å². The van der Waals surface area contributed by atoms with Crippen LogP contribution in [0.5, 0.6) is 0 Å². The normalized spacial score (nSPS) is 11.2. The first-order chi connectivity index (χ1) is 9.81. The second-order valence-corrected chi connectivity index (χ2v) is 6.89. The Hall–Kier alpha value is -0.830. The molecule has 1 aromatic heterocycles. The van der Waals surface area contributed by atoms with E-state index in [0.29, 0.717) is 17.3 Å². The first kappa shape index (κ1) is 16.5. The number of rotatable bonds is 3. The Labute approximate surface area is 143 Å². The van der Waals surface area contributed by atoms with Gasteiger partial charge in [-0.3, -0.25) is 0 Å². The number of nitrogens with zero attached hydrogens (tertiary/aromatic N) is 2. The third-order valence-corrected chi connectivity index (χ3v) is 4.77. The molecule has 7 heteroatoms. The summed E-state index contributed by atoms with van der Waals surface area (Å²) in [6.45, 7) is 4.14. The zero-order chi connectivity index (χ0) is 15.7. The number of nitrogen functional groups attached to an aromatic ring is 1. The Morgan fingerprint density at radius 3 is 2.57 bits per heavy atom. The lowest BCUT2D eigenvalue weighted by Gasteiger charge is -2.12. The highest BCUT2D eigenvalue weighted by molar-refractivity contribution is 14.1. The van der Waals surface area contributed by atoms with Gasteiger partial charge in [-0.25, -0.2) is 18.7 Å². The van der Waals surface area contributed by atoms with Gasteiger partial charge in [-0.15, -0.1) is 0 Å². The lowest BCUT2D eigenvalue weighted by atomic mass is 10.1. The van der Waals surface area contributed by atoms with E-state index in [2.05, 4.69) is 62.3 Å². The van der Waals surface area contributed by atoms with Gasteiger partial charge in [-0.1, -0.05) is 13.8 Å². The quantitative estimate of drug-likeness (QED) is 0.531. The van der Waals surface area contributed by atoms with Crippen LogP contribution < -0.4 is 5.73 Å². The molecule has 0 saturated carbocycles. The second-order valence-electron chi connectivity index (χ2n) is 5.01. The van der Waals surface area contributed by atoms with Crippen molar-refractivity contribution < 1.29 is 8.78 Å². The van der Waals surface area contributed by atoms with Gasteiger partial charge in [-0.2, -0.15) is 0 Å². The summed E-state index contributed by atoms with van der Waals surface area (Å²) in [5, 5.41) is 0. The number of benzene rings is 1. The molecule has 2 rings (SSSR count). The van der Waals surface area contributed by atoms with Gasteiger partial charge >= 0.3 is 0 Å². The van der Waals surface area contributed by atoms with Crippen LogP contribution in [0.25, 0.3) is 11.4 Å². The molecule has 2 aromatic rings. The van der Waals surface area contributed by atoms with Crippen molar-refractivity contribution >= 4 is 44.3 Å². The van der Waals surface area contributed by atoms with E-state index in [9.17, 15) is 8.78 Å². The lowest BCUT2D eigenvalue weighted by Crippen LogP contribution is -2.08. The molecular formula is C14H13BrF2IN3. The fourth-order valence-corrected chi connectivity index (χ4v) is 2.81. The summed E-state index contributed by atoms with van der Waals surface area (Å²) in [5.74, 6) is -0.860. The minimum Gasteiger partial charge on any atom is -0.383 e. The third-order valence-electron chi connectivity index (χ3n) is 2.82. The zero-order valence-electron chi connectivity index (χ0n) is 11.4. The molecule has 3 nitrogen and oxygen atoms in total. The van der Waals surface area contributed by atoms with Crippen molar-refractivity contribution in [2.24, 2.45) is 5.92 Å².